The number of fused-ring (bicyclic) bond motifs is 9. The van der Waals surface area contributed by atoms with Gasteiger partial charge in [-0.3, -0.25) is 19.9 Å². The normalized spacial score (nSPS) is 8.83. The van der Waals surface area contributed by atoms with Gasteiger partial charge in [-0.2, -0.15) is 0 Å². The molecule has 0 fully saturated rings. The Morgan fingerprint density at radius 2 is 0.546 bits per heavy atom. The lowest BCUT2D eigenvalue weighted by molar-refractivity contribution is 1.01. The van der Waals surface area contributed by atoms with Gasteiger partial charge in [0.1, 0.15) is 18.0 Å². The van der Waals surface area contributed by atoms with Gasteiger partial charge in [0.15, 0.2) is 0 Å². The fourth-order valence-electron chi connectivity index (χ4n) is 9.65. The summed E-state index contributed by atoms with van der Waals surface area (Å²) in [5.41, 5.74) is 18.5. The van der Waals surface area contributed by atoms with Crippen LogP contribution < -0.4 is 0 Å². The van der Waals surface area contributed by atoms with Crippen LogP contribution in [0.3, 0.4) is 0 Å². The number of nitrogens with zero attached hydrogens (tertiary/aromatic N) is 12. The standard InChI is InChI=1S/C16H14.2C14H13N.5C6H8N2.11C2H6/c1-11-3-7-15-13(9-11)5-6-14-10-12(2)4-8-16(14)15;1-10-7-8-14-12(9-10)11-5-3-4-6-13(11)15(14)2;1-10-7-8-12-11-5-3-4-6-13(11)15(2)14(12)9-10;1-5-3-8-6(2)4-7-5;1-5-3-7-4-6(2)8-5;1-5-3-6(2)8-4-7-5;2*1-5-3-4-7-6(2)8-5;11*1-2/h3-10H,1-2H3;2*3-9H,1-2H3;5*3-4H,1-2H3;11*1-2H3. The Bertz CT molecular complexity index is 4180. The first kappa shape index (κ1) is 107. The highest BCUT2D eigenvalue weighted by molar-refractivity contribution is 6.09. The summed E-state index contributed by atoms with van der Waals surface area (Å²) in [4.78, 5) is 39.9. The molecule has 14 aromatic rings. The average Bonchev–Trinajstić information content (AvgIpc) is 1.63. The zero-order chi connectivity index (χ0) is 83.9. The smallest absolute Gasteiger partial charge is 0.125 e. The maximum Gasteiger partial charge on any atom is 0.125 e. The SMILES string of the molecule is CC.CC.CC.CC.CC.CC.CC.CC.CC.CC.CC.Cc1cc(C)ncn1.Cc1ccc2c(c1)c1ccccc1n2C.Cc1ccc2c(ccc3cc(C)ccc32)c1.Cc1ccc2c3ccccc3n(C)c2c1.Cc1ccnc(C)n1.Cc1ccnc(C)n1.Cc1cnc(C)cn1.Cc1cncc(C)n1. The topological polar surface area (TPSA) is 139 Å². The largest absolute Gasteiger partial charge is 0.344 e. The van der Waals surface area contributed by atoms with Gasteiger partial charge < -0.3 is 9.13 Å². The molecule has 0 aliphatic heterocycles. The average molecular weight is 1470 g/mol. The summed E-state index contributed by atoms with van der Waals surface area (Å²) in [5, 5.41) is 10.7. The number of benzene rings is 7. The summed E-state index contributed by atoms with van der Waals surface area (Å²) in [6.07, 6.45) is 12.1. The van der Waals surface area contributed by atoms with E-state index in [0.29, 0.717) is 0 Å². The first-order valence-electron chi connectivity index (χ1n) is 39.8. The summed E-state index contributed by atoms with van der Waals surface area (Å²) in [6, 6.07) is 53.8. The number of hydrogen-bond acceptors (Lipinski definition) is 10. The lowest BCUT2D eigenvalue weighted by Gasteiger charge is -2.05. The molecule has 0 aliphatic rings. The third kappa shape index (κ3) is 40.1. The molecule has 0 spiro atoms. The van der Waals surface area contributed by atoms with E-state index >= 15 is 0 Å². The monoisotopic (exact) mass is 1470 g/mol. The van der Waals surface area contributed by atoms with Crippen molar-refractivity contribution in [1.29, 1.82) is 0 Å². The van der Waals surface area contributed by atoms with Crippen LogP contribution in [0.1, 0.15) is 232 Å². The number of hydrogen-bond donors (Lipinski definition) is 0. The lowest BCUT2D eigenvalue weighted by atomic mass is 9.99. The molecule has 0 aliphatic carbocycles. The molecule has 7 aromatic carbocycles. The molecule has 0 N–H and O–H groups in total. The molecule has 0 saturated heterocycles. The van der Waals surface area contributed by atoms with E-state index in [-0.39, 0.29) is 0 Å². The molecule has 108 heavy (non-hydrogen) atoms. The van der Waals surface area contributed by atoms with Crippen LogP contribution in [-0.4, -0.2) is 59.0 Å². The number of aryl methyl sites for hydroxylation is 16. The van der Waals surface area contributed by atoms with E-state index in [1.54, 1.807) is 43.5 Å². The summed E-state index contributed by atoms with van der Waals surface area (Å²) in [5.74, 6) is 1.68. The van der Waals surface area contributed by atoms with Crippen LogP contribution in [0.4, 0.5) is 0 Å². The van der Waals surface area contributed by atoms with Gasteiger partial charge >= 0.3 is 0 Å². The van der Waals surface area contributed by atoms with Crippen molar-refractivity contribution < 1.29 is 0 Å². The first-order chi connectivity index (χ1) is 52.2. The van der Waals surface area contributed by atoms with Crippen molar-refractivity contribution in [2.75, 3.05) is 0 Å². The Kier molecular flexibility index (Phi) is 65.7. The van der Waals surface area contributed by atoms with Crippen molar-refractivity contribution in [3.8, 4) is 0 Å². The molecule has 0 atom stereocenters. The maximum absolute atomic E-state index is 4.11. The molecule has 12 nitrogen and oxygen atoms in total. The highest BCUT2D eigenvalue weighted by Gasteiger charge is 2.08. The lowest BCUT2D eigenvalue weighted by Crippen LogP contribution is -1.86. The quantitative estimate of drug-likeness (QED) is 0.135. The van der Waals surface area contributed by atoms with E-state index in [1.165, 1.54) is 87.4 Å². The minimum absolute atomic E-state index is 0.838. The first-order valence-corrected chi connectivity index (χ1v) is 39.8. The summed E-state index contributed by atoms with van der Waals surface area (Å²) in [6.45, 7) is 71.8. The van der Waals surface area contributed by atoms with Gasteiger partial charge in [0, 0.05) is 118 Å². The van der Waals surface area contributed by atoms with E-state index in [9.17, 15) is 0 Å². The molecule has 590 valence electrons. The van der Waals surface area contributed by atoms with Gasteiger partial charge in [-0.1, -0.05) is 272 Å². The second kappa shape index (κ2) is 66.5. The van der Waals surface area contributed by atoms with Crippen molar-refractivity contribution in [1.82, 2.24) is 59.0 Å². The number of rotatable bonds is 0. The highest BCUT2D eigenvalue weighted by atomic mass is 14.9. The van der Waals surface area contributed by atoms with E-state index < -0.39 is 0 Å². The second-order valence-electron chi connectivity index (χ2n) is 21.6. The Hall–Kier alpha value is -9.94. The Balaban J connectivity index is -0.000000366. The van der Waals surface area contributed by atoms with Crippen LogP contribution in [0.25, 0.3) is 65.2 Å². The van der Waals surface area contributed by atoms with Gasteiger partial charge in [-0.25, -0.2) is 29.9 Å². The second-order valence-corrected chi connectivity index (χ2v) is 21.6. The molecule has 12 heteroatoms. The summed E-state index contributed by atoms with van der Waals surface area (Å²) >= 11 is 0. The van der Waals surface area contributed by atoms with E-state index in [2.05, 4.69) is 234 Å². The fourth-order valence-corrected chi connectivity index (χ4v) is 9.65. The predicted octanol–water partition coefficient (Wildman–Crippen LogP) is 28.6. The Labute approximate surface area is 658 Å². The van der Waals surface area contributed by atoms with Crippen molar-refractivity contribution >= 4 is 65.2 Å². The van der Waals surface area contributed by atoms with Crippen LogP contribution in [0.2, 0.25) is 0 Å². The molecule has 0 radical (unpaired) electrons. The van der Waals surface area contributed by atoms with Crippen molar-refractivity contribution in [2.24, 2.45) is 14.1 Å². The van der Waals surface area contributed by atoms with E-state index in [4.69, 9.17) is 0 Å². The zero-order valence-corrected chi connectivity index (χ0v) is 74.8. The molecular weight excluding hydrogens is 1320 g/mol. The molecule has 7 aromatic heterocycles. The fraction of sp³-hybridized carbons (Fsp3) is 0.396. The van der Waals surface area contributed by atoms with Gasteiger partial charge in [-0.05, 0) is 173 Å². The van der Waals surface area contributed by atoms with Crippen molar-refractivity contribution in [3.63, 3.8) is 0 Å². The number of para-hydroxylation sites is 2. The minimum atomic E-state index is 0.838. The summed E-state index contributed by atoms with van der Waals surface area (Å²) < 4.78 is 4.52. The molecular formula is C96H146N12. The molecule has 0 bridgehead atoms. The number of aromatic nitrogens is 12. The highest BCUT2D eigenvalue weighted by Crippen LogP contribution is 2.30. The molecule has 7 heterocycles. The predicted molar refractivity (Wildman–Crippen MR) is 484 cm³/mol. The Morgan fingerprint density at radius 1 is 0.222 bits per heavy atom. The van der Waals surface area contributed by atoms with Crippen LogP contribution in [0.15, 0.2) is 195 Å². The van der Waals surface area contributed by atoms with Gasteiger partial charge in [0.2, 0.25) is 0 Å². The zero-order valence-electron chi connectivity index (χ0n) is 74.8. The molecule has 0 amide bonds. The van der Waals surface area contributed by atoms with Gasteiger partial charge in [0.05, 0.1) is 22.8 Å². The van der Waals surface area contributed by atoms with Gasteiger partial charge in [-0.15, -0.1) is 0 Å². The van der Waals surface area contributed by atoms with E-state index in [0.717, 1.165) is 57.2 Å². The van der Waals surface area contributed by atoms with Crippen LogP contribution in [-0.2, 0) is 14.1 Å². The van der Waals surface area contributed by atoms with Gasteiger partial charge in [0.25, 0.3) is 0 Å². The van der Waals surface area contributed by atoms with Crippen LogP contribution in [0, 0.1) is 96.9 Å². The third-order valence-electron chi connectivity index (χ3n) is 13.8. The maximum atomic E-state index is 4.11. The third-order valence-corrected chi connectivity index (χ3v) is 13.8. The van der Waals surface area contributed by atoms with Crippen molar-refractivity contribution in [3.05, 3.63) is 275 Å². The molecule has 0 unspecified atom stereocenters. The Morgan fingerprint density at radius 3 is 0.880 bits per heavy atom. The summed E-state index contributed by atoms with van der Waals surface area (Å²) in [7, 11) is 4.25. The van der Waals surface area contributed by atoms with E-state index in [1.807, 2.05) is 240 Å². The molecule has 14 rings (SSSR count). The van der Waals surface area contributed by atoms with Crippen LogP contribution in [0.5, 0.6) is 0 Å². The molecule has 0 saturated carbocycles. The minimum Gasteiger partial charge on any atom is -0.344 e. The van der Waals surface area contributed by atoms with Crippen LogP contribution >= 0.6 is 0 Å². The van der Waals surface area contributed by atoms with Crippen molar-refractivity contribution in [2.45, 2.75) is 249 Å².